The van der Waals surface area contributed by atoms with Gasteiger partial charge in [0.25, 0.3) is 5.91 Å². The summed E-state index contributed by atoms with van der Waals surface area (Å²) < 4.78 is 0.941. The molecule has 20 heavy (non-hydrogen) atoms. The van der Waals surface area contributed by atoms with Gasteiger partial charge in [0.2, 0.25) is 0 Å². The zero-order valence-electron chi connectivity index (χ0n) is 10.8. The number of benzene rings is 1. The largest absolute Gasteiger partial charge is 0.481 e. The maximum atomic E-state index is 11.2. The molecule has 6 nitrogen and oxygen atoms in total. The van der Waals surface area contributed by atoms with Crippen LogP contribution in [0.25, 0.3) is 0 Å². The number of nitrogens with two attached hydrogens (primary N) is 1. The second-order valence-electron chi connectivity index (χ2n) is 4.14. The molecule has 0 atom stereocenters. The van der Waals surface area contributed by atoms with Gasteiger partial charge in [-0.15, -0.1) is 0 Å². The van der Waals surface area contributed by atoms with Crippen LogP contribution in [0, 0.1) is 0 Å². The summed E-state index contributed by atoms with van der Waals surface area (Å²) in [6.07, 6.45) is 1.47. The molecule has 1 amide bonds. The highest BCUT2D eigenvalue weighted by molar-refractivity contribution is 9.10. The lowest BCUT2D eigenvalue weighted by molar-refractivity contribution is -0.137. The van der Waals surface area contributed by atoms with Crippen molar-refractivity contribution in [3.8, 4) is 0 Å². The van der Waals surface area contributed by atoms with E-state index in [1.54, 1.807) is 12.1 Å². The Kier molecular flexibility index (Phi) is 6.72. The van der Waals surface area contributed by atoms with Gasteiger partial charge in [0.05, 0.1) is 5.69 Å². The molecule has 1 aromatic carbocycles. The number of rotatable bonds is 8. The Morgan fingerprint density at radius 2 is 1.80 bits per heavy atom. The van der Waals surface area contributed by atoms with Gasteiger partial charge in [0.1, 0.15) is 5.71 Å². The van der Waals surface area contributed by atoms with E-state index in [2.05, 4.69) is 26.5 Å². The molecule has 0 bridgehead atoms. The molecule has 0 aliphatic rings. The van der Waals surface area contributed by atoms with Crippen LogP contribution < -0.4 is 11.2 Å². The van der Waals surface area contributed by atoms with E-state index in [4.69, 9.17) is 10.8 Å². The number of carboxylic acid groups (broad SMARTS) is 1. The molecule has 0 fully saturated rings. The van der Waals surface area contributed by atoms with Crippen LogP contribution in [0.5, 0.6) is 0 Å². The maximum absolute atomic E-state index is 11.2. The molecule has 0 unspecified atom stereocenters. The maximum Gasteiger partial charge on any atom is 0.303 e. The van der Waals surface area contributed by atoms with Gasteiger partial charge in [-0.25, -0.2) is 0 Å². The quantitative estimate of drug-likeness (QED) is 0.383. The standard InChI is InChI=1S/C13H16BrN3O3/c14-9-5-7-10(8-6-9)16-17-11(13(15)20)3-1-2-4-12(18)19/h5-8,16H,1-4H2,(H2,15,20)(H,18,19). The highest BCUT2D eigenvalue weighted by Gasteiger charge is 2.07. The number of primary amides is 1. The average molecular weight is 342 g/mol. The van der Waals surface area contributed by atoms with Gasteiger partial charge in [-0.3, -0.25) is 15.0 Å². The Labute approximate surface area is 125 Å². The van der Waals surface area contributed by atoms with Crippen molar-refractivity contribution in [1.82, 2.24) is 0 Å². The number of hydrogen-bond acceptors (Lipinski definition) is 4. The van der Waals surface area contributed by atoms with Crippen LogP contribution in [0.2, 0.25) is 0 Å². The summed E-state index contributed by atoms with van der Waals surface area (Å²) in [5.74, 6) is -1.46. The topological polar surface area (TPSA) is 105 Å². The molecule has 1 rings (SSSR count). The number of nitrogens with one attached hydrogen (secondary N) is 1. The first-order chi connectivity index (χ1) is 9.49. The van der Waals surface area contributed by atoms with E-state index in [0.717, 1.165) is 10.2 Å². The van der Waals surface area contributed by atoms with Crippen molar-refractivity contribution in [1.29, 1.82) is 0 Å². The Balaban J connectivity index is 2.52. The third-order valence-electron chi connectivity index (χ3n) is 2.50. The minimum atomic E-state index is -0.851. The molecule has 0 saturated carbocycles. The summed E-state index contributed by atoms with van der Waals surface area (Å²) in [4.78, 5) is 21.6. The molecule has 1 aromatic rings. The highest BCUT2D eigenvalue weighted by atomic mass is 79.9. The number of carbonyl (C=O) groups is 2. The van der Waals surface area contributed by atoms with Crippen LogP contribution in [-0.2, 0) is 9.59 Å². The van der Waals surface area contributed by atoms with Gasteiger partial charge in [0, 0.05) is 10.9 Å². The van der Waals surface area contributed by atoms with Crippen molar-refractivity contribution >= 4 is 39.2 Å². The predicted octanol–water partition coefficient (Wildman–Crippen LogP) is 2.35. The predicted molar refractivity (Wildman–Crippen MR) is 80.5 cm³/mol. The average Bonchev–Trinajstić information content (AvgIpc) is 2.39. The summed E-state index contributed by atoms with van der Waals surface area (Å²) in [5.41, 5.74) is 8.93. The smallest absolute Gasteiger partial charge is 0.303 e. The first kappa shape index (κ1) is 16.2. The molecule has 0 aliphatic heterocycles. The molecule has 4 N–H and O–H groups in total. The van der Waals surface area contributed by atoms with Crippen molar-refractivity contribution in [2.45, 2.75) is 25.7 Å². The van der Waals surface area contributed by atoms with E-state index in [9.17, 15) is 9.59 Å². The number of hydrogen-bond donors (Lipinski definition) is 3. The Hall–Kier alpha value is -1.89. The molecule has 0 radical (unpaired) electrons. The number of amides is 1. The fraction of sp³-hybridized carbons (Fsp3) is 0.308. The van der Waals surface area contributed by atoms with Crippen LogP contribution in [0.15, 0.2) is 33.8 Å². The van der Waals surface area contributed by atoms with Crippen molar-refractivity contribution in [3.63, 3.8) is 0 Å². The number of unbranched alkanes of at least 4 members (excludes halogenated alkanes) is 1. The minimum absolute atomic E-state index is 0.0756. The Bertz CT molecular complexity index is 500. The minimum Gasteiger partial charge on any atom is -0.481 e. The number of carboxylic acids is 1. The third-order valence-corrected chi connectivity index (χ3v) is 3.03. The first-order valence-electron chi connectivity index (χ1n) is 6.09. The fourth-order valence-electron chi connectivity index (χ4n) is 1.46. The molecule has 0 spiro atoms. The zero-order valence-corrected chi connectivity index (χ0v) is 12.4. The zero-order chi connectivity index (χ0) is 15.0. The molecule has 108 valence electrons. The van der Waals surface area contributed by atoms with E-state index >= 15 is 0 Å². The Morgan fingerprint density at radius 1 is 1.20 bits per heavy atom. The van der Waals surface area contributed by atoms with Gasteiger partial charge in [-0.2, -0.15) is 5.10 Å². The third kappa shape index (κ3) is 6.33. The van der Waals surface area contributed by atoms with Crippen LogP contribution in [0.3, 0.4) is 0 Å². The number of nitrogens with zero attached hydrogens (tertiary/aromatic N) is 1. The van der Waals surface area contributed by atoms with Gasteiger partial charge < -0.3 is 10.8 Å². The second kappa shape index (κ2) is 8.31. The van der Waals surface area contributed by atoms with Crippen molar-refractivity contribution in [3.05, 3.63) is 28.7 Å². The van der Waals surface area contributed by atoms with Crippen LogP contribution in [0.1, 0.15) is 25.7 Å². The fourth-order valence-corrected chi connectivity index (χ4v) is 1.72. The van der Waals surface area contributed by atoms with Crippen molar-refractivity contribution in [2.75, 3.05) is 5.43 Å². The number of carbonyl (C=O) groups excluding carboxylic acids is 1. The Morgan fingerprint density at radius 3 is 2.35 bits per heavy atom. The first-order valence-corrected chi connectivity index (χ1v) is 6.88. The molecule has 0 saturated heterocycles. The second-order valence-corrected chi connectivity index (χ2v) is 5.06. The number of halogens is 1. The SMILES string of the molecule is NC(=O)C(CCCCC(=O)O)=NNc1ccc(Br)cc1. The monoisotopic (exact) mass is 341 g/mol. The molecule has 0 aromatic heterocycles. The normalized spacial score (nSPS) is 11.2. The van der Waals surface area contributed by atoms with Gasteiger partial charge in [-0.1, -0.05) is 15.9 Å². The number of aliphatic carboxylic acids is 1. The van der Waals surface area contributed by atoms with Gasteiger partial charge >= 0.3 is 5.97 Å². The lowest BCUT2D eigenvalue weighted by Crippen LogP contribution is -2.24. The summed E-state index contributed by atoms with van der Waals surface area (Å²) in [6.45, 7) is 0. The molecule has 0 heterocycles. The summed E-state index contributed by atoms with van der Waals surface area (Å²) in [5, 5.41) is 12.5. The van der Waals surface area contributed by atoms with E-state index in [-0.39, 0.29) is 12.1 Å². The summed E-state index contributed by atoms with van der Waals surface area (Å²) in [6, 6.07) is 7.29. The van der Waals surface area contributed by atoms with E-state index in [0.29, 0.717) is 19.3 Å². The van der Waals surface area contributed by atoms with Crippen molar-refractivity contribution < 1.29 is 14.7 Å². The van der Waals surface area contributed by atoms with E-state index < -0.39 is 11.9 Å². The summed E-state index contributed by atoms with van der Waals surface area (Å²) in [7, 11) is 0. The van der Waals surface area contributed by atoms with Crippen LogP contribution in [-0.4, -0.2) is 22.7 Å². The lowest BCUT2D eigenvalue weighted by Gasteiger charge is -2.04. The number of hydrazone groups is 1. The number of anilines is 1. The van der Waals surface area contributed by atoms with Gasteiger partial charge in [0.15, 0.2) is 0 Å². The molecule has 7 heteroatoms. The van der Waals surface area contributed by atoms with Crippen molar-refractivity contribution in [2.24, 2.45) is 10.8 Å². The molecule has 0 aliphatic carbocycles. The van der Waals surface area contributed by atoms with Crippen LogP contribution in [0.4, 0.5) is 5.69 Å². The van der Waals surface area contributed by atoms with Crippen LogP contribution >= 0.6 is 15.9 Å². The highest BCUT2D eigenvalue weighted by Crippen LogP contribution is 2.14. The van der Waals surface area contributed by atoms with Gasteiger partial charge in [-0.05, 0) is 43.5 Å². The molecular formula is C13H16BrN3O3. The lowest BCUT2D eigenvalue weighted by atomic mass is 10.1. The van der Waals surface area contributed by atoms with E-state index in [1.807, 2.05) is 12.1 Å². The van der Waals surface area contributed by atoms with E-state index in [1.165, 1.54) is 0 Å². The molecular weight excluding hydrogens is 326 g/mol. The summed E-state index contributed by atoms with van der Waals surface area (Å²) >= 11 is 3.32.